The number of nitrogens with zero attached hydrogens (tertiary/aromatic N) is 1. The summed E-state index contributed by atoms with van der Waals surface area (Å²) in [7, 11) is 0. The molecule has 0 bridgehead atoms. The van der Waals surface area contributed by atoms with Gasteiger partial charge in [0.15, 0.2) is 5.96 Å². The van der Waals surface area contributed by atoms with Crippen LogP contribution in [-0.4, -0.2) is 5.96 Å². The number of aryl methyl sites for hydroxylation is 1. The minimum absolute atomic E-state index is 0.388. The Morgan fingerprint density at radius 2 is 1.75 bits per heavy atom. The van der Waals surface area contributed by atoms with Gasteiger partial charge in [-0.15, -0.1) is 0 Å². The van der Waals surface area contributed by atoms with E-state index >= 15 is 0 Å². The van der Waals surface area contributed by atoms with Crippen molar-refractivity contribution in [1.29, 1.82) is 0 Å². The lowest BCUT2D eigenvalue weighted by Gasteiger charge is -2.11. The van der Waals surface area contributed by atoms with Crippen LogP contribution in [0.4, 0.5) is 5.69 Å². The van der Waals surface area contributed by atoms with Crippen molar-refractivity contribution < 1.29 is 0 Å². The Bertz CT molecular complexity index is 601. The van der Waals surface area contributed by atoms with Gasteiger partial charge in [-0.3, -0.25) is 0 Å². The predicted molar refractivity (Wildman–Crippen MR) is 92.0 cm³/mol. The molecule has 0 amide bonds. The summed E-state index contributed by atoms with van der Waals surface area (Å²) in [5.41, 5.74) is 9.09. The number of nitrogens with two attached hydrogens (primary N) is 1. The quantitative estimate of drug-likeness (QED) is 0.594. The van der Waals surface area contributed by atoms with Crippen molar-refractivity contribution in [2.45, 2.75) is 13.5 Å². The molecule has 0 radical (unpaired) electrons. The Kier molecular flexibility index (Phi) is 5.20. The van der Waals surface area contributed by atoms with Crippen LogP contribution in [0.3, 0.4) is 0 Å². The van der Waals surface area contributed by atoms with E-state index in [9.17, 15) is 0 Å². The van der Waals surface area contributed by atoms with E-state index < -0.39 is 0 Å². The highest BCUT2D eigenvalue weighted by Gasteiger charge is 2.07. The molecule has 0 saturated heterocycles. The zero-order valence-electron chi connectivity index (χ0n) is 11.0. The third-order valence-corrected chi connectivity index (χ3v) is 3.97. The predicted octanol–water partition coefficient (Wildman–Crippen LogP) is 4.45. The average Bonchev–Trinajstić information content (AvgIpc) is 2.42. The van der Waals surface area contributed by atoms with Crippen LogP contribution in [0.2, 0.25) is 0 Å². The molecule has 0 fully saturated rings. The smallest absolute Gasteiger partial charge is 0.193 e. The standard InChI is InChI=1S/C15H15Br2N3/c1-10-7-12(16)14(13(17)8-10)20-15(18)19-9-11-5-3-2-4-6-11/h2-8H,9H2,1H3,(H3,18,19,20). The van der Waals surface area contributed by atoms with Gasteiger partial charge in [0.2, 0.25) is 0 Å². The third kappa shape index (κ3) is 4.08. The van der Waals surface area contributed by atoms with Gasteiger partial charge in [0, 0.05) is 8.95 Å². The van der Waals surface area contributed by atoms with Crippen LogP contribution in [0.25, 0.3) is 0 Å². The lowest BCUT2D eigenvalue weighted by atomic mass is 10.2. The van der Waals surface area contributed by atoms with Crippen molar-refractivity contribution in [2.24, 2.45) is 10.7 Å². The number of aliphatic imine (C=N–C) groups is 1. The summed E-state index contributed by atoms with van der Waals surface area (Å²) in [5.74, 6) is 0.388. The zero-order chi connectivity index (χ0) is 14.5. The molecule has 0 aliphatic heterocycles. The molecule has 0 spiro atoms. The molecule has 5 heteroatoms. The molecule has 3 nitrogen and oxygen atoms in total. The Morgan fingerprint density at radius 3 is 2.35 bits per heavy atom. The van der Waals surface area contributed by atoms with Crippen LogP contribution < -0.4 is 11.1 Å². The maximum Gasteiger partial charge on any atom is 0.193 e. The van der Waals surface area contributed by atoms with Crippen molar-refractivity contribution in [3.8, 4) is 0 Å². The summed E-state index contributed by atoms with van der Waals surface area (Å²) < 4.78 is 1.89. The number of hydrogen-bond donors (Lipinski definition) is 2. The molecule has 2 aromatic rings. The largest absolute Gasteiger partial charge is 0.370 e. The van der Waals surface area contributed by atoms with Crippen molar-refractivity contribution in [3.05, 3.63) is 62.5 Å². The van der Waals surface area contributed by atoms with Crippen LogP contribution >= 0.6 is 31.9 Å². The number of guanidine groups is 1. The van der Waals surface area contributed by atoms with Crippen LogP contribution in [0.1, 0.15) is 11.1 Å². The van der Waals surface area contributed by atoms with Gasteiger partial charge in [0.05, 0.1) is 12.2 Å². The molecule has 3 N–H and O–H groups in total. The summed E-state index contributed by atoms with van der Waals surface area (Å²) >= 11 is 7.04. The first-order chi connectivity index (χ1) is 9.56. The second-order valence-corrected chi connectivity index (χ2v) is 6.12. The molecule has 2 rings (SSSR count). The fraction of sp³-hybridized carbons (Fsp3) is 0.133. The van der Waals surface area contributed by atoms with Crippen LogP contribution in [0, 0.1) is 6.92 Å². The number of halogens is 2. The van der Waals surface area contributed by atoms with Crippen LogP contribution in [0.5, 0.6) is 0 Å². The van der Waals surface area contributed by atoms with Crippen LogP contribution in [-0.2, 0) is 6.54 Å². The highest BCUT2D eigenvalue weighted by Crippen LogP contribution is 2.32. The van der Waals surface area contributed by atoms with E-state index in [-0.39, 0.29) is 0 Å². The summed E-state index contributed by atoms with van der Waals surface area (Å²) in [6, 6.07) is 14.1. The molecule has 20 heavy (non-hydrogen) atoms. The van der Waals surface area contributed by atoms with Gasteiger partial charge in [0.25, 0.3) is 0 Å². The summed E-state index contributed by atoms with van der Waals surface area (Å²) in [6.07, 6.45) is 0. The van der Waals surface area contributed by atoms with Gasteiger partial charge >= 0.3 is 0 Å². The molecule has 0 aliphatic carbocycles. The monoisotopic (exact) mass is 395 g/mol. The minimum Gasteiger partial charge on any atom is -0.370 e. The number of rotatable bonds is 3. The lowest BCUT2D eigenvalue weighted by Crippen LogP contribution is -2.23. The Labute approximate surface area is 135 Å². The first-order valence-corrected chi connectivity index (χ1v) is 7.71. The number of nitrogens with one attached hydrogen (secondary N) is 1. The molecular weight excluding hydrogens is 382 g/mol. The molecule has 0 aromatic heterocycles. The summed E-state index contributed by atoms with van der Waals surface area (Å²) in [6.45, 7) is 2.59. The van der Waals surface area contributed by atoms with E-state index in [4.69, 9.17) is 5.73 Å². The second-order valence-electron chi connectivity index (χ2n) is 4.42. The molecule has 0 aliphatic rings. The topological polar surface area (TPSA) is 50.4 Å². The van der Waals surface area contributed by atoms with Crippen molar-refractivity contribution in [1.82, 2.24) is 0 Å². The van der Waals surface area contributed by atoms with E-state index in [0.29, 0.717) is 12.5 Å². The first kappa shape index (κ1) is 15.1. The third-order valence-electron chi connectivity index (χ3n) is 2.71. The SMILES string of the molecule is Cc1cc(Br)c(NC(N)=NCc2ccccc2)c(Br)c1. The molecule has 0 atom stereocenters. The van der Waals surface area contributed by atoms with E-state index in [1.807, 2.05) is 49.4 Å². The molecule has 0 heterocycles. The van der Waals surface area contributed by atoms with E-state index in [0.717, 1.165) is 25.8 Å². The zero-order valence-corrected chi connectivity index (χ0v) is 14.2. The maximum atomic E-state index is 5.93. The molecule has 0 unspecified atom stereocenters. The van der Waals surface area contributed by atoms with Gasteiger partial charge in [0.1, 0.15) is 0 Å². The van der Waals surface area contributed by atoms with E-state index in [1.54, 1.807) is 0 Å². The molecular formula is C15H15Br2N3. The van der Waals surface area contributed by atoms with E-state index in [2.05, 4.69) is 42.2 Å². The van der Waals surface area contributed by atoms with Gasteiger partial charge < -0.3 is 11.1 Å². The Morgan fingerprint density at radius 1 is 1.15 bits per heavy atom. The number of benzene rings is 2. The maximum absolute atomic E-state index is 5.93. The number of anilines is 1. The lowest BCUT2D eigenvalue weighted by molar-refractivity contribution is 1.06. The van der Waals surface area contributed by atoms with Crippen molar-refractivity contribution in [2.75, 3.05) is 5.32 Å². The van der Waals surface area contributed by atoms with Crippen LogP contribution in [0.15, 0.2) is 56.4 Å². The summed E-state index contributed by atoms with van der Waals surface area (Å²) in [5, 5.41) is 3.11. The van der Waals surface area contributed by atoms with Crippen molar-refractivity contribution >= 4 is 43.5 Å². The second kappa shape index (κ2) is 6.90. The fourth-order valence-electron chi connectivity index (χ4n) is 1.75. The van der Waals surface area contributed by atoms with Crippen molar-refractivity contribution in [3.63, 3.8) is 0 Å². The molecule has 0 saturated carbocycles. The van der Waals surface area contributed by atoms with Gasteiger partial charge in [-0.2, -0.15) is 0 Å². The van der Waals surface area contributed by atoms with Gasteiger partial charge in [-0.25, -0.2) is 4.99 Å². The Hall–Kier alpha value is -1.33. The van der Waals surface area contributed by atoms with Gasteiger partial charge in [-0.1, -0.05) is 30.3 Å². The van der Waals surface area contributed by atoms with Gasteiger partial charge in [-0.05, 0) is 62.0 Å². The molecule has 2 aromatic carbocycles. The summed E-state index contributed by atoms with van der Waals surface area (Å²) in [4.78, 5) is 4.34. The molecule has 104 valence electrons. The number of hydrogen-bond acceptors (Lipinski definition) is 1. The normalized spacial score (nSPS) is 11.4. The first-order valence-electron chi connectivity index (χ1n) is 6.13. The van der Waals surface area contributed by atoms with E-state index in [1.165, 1.54) is 0 Å². The average molecular weight is 397 g/mol. The minimum atomic E-state index is 0.388. The highest BCUT2D eigenvalue weighted by molar-refractivity contribution is 9.11. The Balaban J connectivity index is 2.10. The fourth-order valence-corrected chi connectivity index (χ4v) is 3.36. The highest BCUT2D eigenvalue weighted by atomic mass is 79.9.